The van der Waals surface area contributed by atoms with Crippen LogP contribution in [0.5, 0.6) is 0 Å². The van der Waals surface area contributed by atoms with Gasteiger partial charge in [-0.05, 0) is 38.0 Å². The second-order valence-corrected chi connectivity index (χ2v) is 7.06. The molecule has 0 spiro atoms. The van der Waals surface area contributed by atoms with Gasteiger partial charge in [0, 0.05) is 17.3 Å². The van der Waals surface area contributed by atoms with Crippen molar-refractivity contribution in [1.82, 2.24) is 9.38 Å². The van der Waals surface area contributed by atoms with Crippen LogP contribution < -0.4 is 5.32 Å². The van der Waals surface area contributed by atoms with E-state index >= 15 is 0 Å². The molecule has 0 saturated carbocycles. The SMILES string of the molecule is CCOC(=O)c1c(NC(=O)Cc2cn3ccccc3n2)sc(C)c1CC. The Morgan fingerprint density at radius 2 is 2.12 bits per heavy atom. The van der Waals surface area contributed by atoms with E-state index in [-0.39, 0.29) is 12.3 Å². The largest absolute Gasteiger partial charge is 0.462 e. The third-order valence-electron chi connectivity index (χ3n) is 4.05. The van der Waals surface area contributed by atoms with Gasteiger partial charge in [-0.15, -0.1) is 11.3 Å². The molecule has 0 unspecified atom stereocenters. The average Bonchev–Trinajstić information content (AvgIpc) is 3.14. The van der Waals surface area contributed by atoms with Crippen molar-refractivity contribution in [2.45, 2.75) is 33.6 Å². The highest BCUT2D eigenvalue weighted by Gasteiger charge is 2.23. The van der Waals surface area contributed by atoms with Crippen molar-refractivity contribution in [1.29, 1.82) is 0 Å². The van der Waals surface area contributed by atoms with E-state index in [0.29, 0.717) is 29.3 Å². The topological polar surface area (TPSA) is 72.7 Å². The van der Waals surface area contributed by atoms with Crippen molar-refractivity contribution in [2.24, 2.45) is 0 Å². The molecule has 0 radical (unpaired) electrons. The molecule has 6 nitrogen and oxygen atoms in total. The smallest absolute Gasteiger partial charge is 0.341 e. The Bertz CT molecular complexity index is 925. The predicted octanol–water partition coefficient (Wildman–Crippen LogP) is 3.62. The molecule has 0 fully saturated rings. The first-order valence-electron chi connectivity index (χ1n) is 8.55. The van der Waals surface area contributed by atoms with Crippen LogP contribution in [0, 0.1) is 6.92 Å². The van der Waals surface area contributed by atoms with E-state index in [2.05, 4.69) is 10.3 Å². The van der Waals surface area contributed by atoms with E-state index < -0.39 is 5.97 Å². The van der Waals surface area contributed by atoms with Crippen LogP contribution in [0.3, 0.4) is 0 Å². The van der Waals surface area contributed by atoms with Crippen LogP contribution >= 0.6 is 11.3 Å². The van der Waals surface area contributed by atoms with Gasteiger partial charge in [0.15, 0.2) is 0 Å². The summed E-state index contributed by atoms with van der Waals surface area (Å²) >= 11 is 1.41. The van der Waals surface area contributed by atoms with Gasteiger partial charge in [0.1, 0.15) is 10.6 Å². The Morgan fingerprint density at radius 3 is 2.81 bits per heavy atom. The van der Waals surface area contributed by atoms with Gasteiger partial charge in [0.25, 0.3) is 0 Å². The van der Waals surface area contributed by atoms with Gasteiger partial charge in [-0.1, -0.05) is 13.0 Å². The quantitative estimate of drug-likeness (QED) is 0.672. The molecule has 0 aromatic carbocycles. The molecule has 0 aliphatic carbocycles. The number of esters is 1. The second-order valence-electron chi connectivity index (χ2n) is 5.84. The zero-order chi connectivity index (χ0) is 18.7. The fraction of sp³-hybridized carbons (Fsp3) is 0.316. The number of amides is 1. The molecule has 3 heterocycles. The van der Waals surface area contributed by atoms with Crippen molar-refractivity contribution in [3.05, 3.63) is 52.3 Å². The molecule has 0 aliphatic heterocycles. The molecule has 7 heteroatoms. The maximum Gasteiger partial charge on any atom is 0.341 e. The van der Waals surface area contributed by atoms with Crippen molar-refractivity contribution < 1.29 is 14.3 Å². The summed E-state index contributed by atoms with van der Waals surface area (Å²) in [6.45, 7) is 6.00. The average molecular weight is 371 g/mol. The highest BCUT2D eigenvalue weighted by molar-refractivity contribution is 7.16. The zero-order valence-corrected chi connectivity index (χ0v) is 15.9. The molecule has 3 aromatic heterocycles. The Balaban J connectivity index is 1.81. The maximum atomic E-state index is 12.5. The number of carbonyl (C=O) groups excluding carboxylic acids is 2. The van der Waals surface area contributed by atoms with Gasteiger partial charge in [-0.25, -0.2) is 9.78 Å². The number of hydrogen-bond acceptors (Lipinski definition) is 5. The Kier molecular flexibility index (Phi) is 5.37. The van der Waals surface area contributed by atoms with Crippen molar-refractivity contribution >= 4 is 33.9 Å². The van der Waals surface area contributed by atoms with E-state index in [1.807, 2.05) is 48.8 Å². The lowest BCUT2D eigenvalue weighted by Gasteiger charge is -2.07. The number of anilines is 1. The fourth-order valence-corrected chi connectivity index (χ4v) is 4.07. The number of fused-ring (bicyclic) bond motifs is 1. The molecule has 0 aliphatic rings. The fourth-order valence-electron chi connectivity index (χ4n) is 2.92. The molecular formula is C19H21N3O3S. The van der Waals surface area contributed by atoms with Crippen LogP contribution in [0.4, 0.5) is 5.00 Å². The summed E-state index contributed by atoms with van der Waals surface area (Å²) in [6.07, 6.45) is 4.57. The molecule has 136 valence electrons. The molecule has 0 atom stereocenters. The summed E-state index contributed by atoms with van der Waals surface area (Å²) < 4.78 is 7.04. The molecule has 1 amide bonds. The predicted molar refractivity (Wildman–Crippen MR) is 102 cm³/mol. The normalized spacial score (nSPS) is 10.9. The summed E-state index contributed by atoms with van der Waals surface area (Å²) in [4.78, 5) is 30.3. The summed E-state index contributed by atoms with van der Waals surface area (Å²) in [5, 5.41) is 3.42. The van der Waals surface area contributed by atoms with Gasteiger partial charge in [-0.3, -0.25) is 4.79 Å². The third kappa shape index (κ3) is 3.62. The van der Waals surface area contributed by atoms with Crippen LogP contribution in [0.2, 0.25) is 0 Å². The minimum absolute atomic E-state index is 0.141. The summed E-state index contributed by atoms with van der Waals surface area (Å²) in [6, 6.07) is 5.69. The maximum absolute atomic E-state index is 12.5. The number of aryl methyl sites for hydroxylation is 1. The molecule has 26 heavy (non-hydrogen) atoms. The monoisotopic (exact) mass is 371 g/mol. The number of ether oxygens (including phenoxy) is 1. The lowest BCUT2D eigenvalue weighted by Crippen LogP contribution is -2.17. The van der Waals surface area contributed by atoms with Crippen molar-refractivity contribution in [3.8, 4) is 0 Å². The van der Waals surface area contributed by atoms with Crippen LogP contribution in [-0.4, -0.2) is 27.9 Å². The zero-order valence-electron chi connectivity index (χ0n) is 15.0. The van der Waals surface area contributed by atoms with Crippen LogP contribution in [-0.2, 0) is 22.4 Å². The number of aromatic nitrogens is 2. The number of carbonyl (C=O) groups is 2. The van der Waals surface area contributed by atoms with Gasteiger partial charge in [0.05, 0.1) is 24.3 Å². The Morgan fingerprint density at radius 1 is 1.31 bits per heavy atom. The van der Waals surface area contributed by atoms with Crippen LogP contribution in [0.1, 0.15) is 40.3 Å². The standard InChI is InChI=1S/C19H21N3O3S/c1-4-14-12(3)26-18(17(14)19(24)25-5-2)21-16(23)10-13-11-22-9-7-6-8-15(22)20-13/h6-9,11H,4-5,10H2,1-3H3,(H,21,23). The molecule has 3 aromatic rings. The van der Waals surface area contributed by atoms with E-state index in [1.165, 1.54) is 11.3 Å². The van der Waals surface area contributed by atoms with E-state index in [9.17, 15) is 9.59 Å². The minimum atomic E-state index is -0.392. The van der Waals surface area contributed by atoms with Gasteiger partial charge in [0.2, 0.25) is 5.91 Å². The van der Waals surface area contributed by atoms with Gasteiger partial charge in [-0.2, -0.15) is 0 Å². The number of imidazole rings is 1. The molecular weight excluding hydrogens is 350 g/mol. The first-order chi connectivity index (χ1) is 12.5. The number of nitrogens with one attached hydrogen (secondary N) is 1. The Labute approximate surface area is 155 Å². The first-order valence-corrected chi connectivity index (χ1v) is 9.37. The number of thiophene rings is 1. The number of pyridine rings is 1. The van der Waals surface area contributed by atoms with Crippen LogP contribution in [0.15, 0.2) is 30.6 Å². The summed E-state index contributed by atoms with van der Waals surface area (Å²) in [7, 11) is 0. The molecule has 3 rings (SSSR count). The molecule has 0 saturated heterocycles. The molecule has 1 N–H and O–H groups in total. The lowest BCUT2D eigenvalue weighted by atomic mass is 10.1. The van der Waals surface area contributed by atoms with E-state index in [0.717, 1.165) is 16.1 Å². The highest BCUT2D eigenvalue weighted by atomic mass is 32.1. The number of nitrogens with zero attached hydrogens (tertiary/aromatic N) is 2. The summed E-state index contributed by atoms with van der Waals surface area (Å²) in [5.41, 5.74) is 2.87. The summed E-state index contributed by atoms with van der Waals surface area (Å²) in [5.74, 6) is -0.598. The minimum Gasteiger partial charge on any atom is -0.462 e. The van der Waals surface area contributed by atoms with E-state index in [1.54, 1.807) is 6.92 Å². The number of hydrogen-bond donors (Lipinski definition) is 1. The molecule has 0 bridgehead atoms. The van der Waals surface area contributed by atoms with E-state index in [4.69, 9.17) is 4.74 Å². The van der Waals surface area contributed by atoms with Crippen molar-refractivity contribution in [2.75, 3.05) is 11.9 Å². The van der Waals surface area contributed by atoms with Crippen molar-refractivity contribution in [3.63, 3.8) is 0 Å². The second kappa shape index (κ2) is 7.70. The number of rotatable bonds is 6. The lowest BCUT2D eigenvalue weighted by molar-refractivity contribution is -0.115. The first kappa shape index (κ1) is 18.1. The Hall–Kier alpha value is -2.67. The van der Waals surface area contributed by atoms with Gasteiger partial charge >= 0.3 is 5.97 Å². The van der Waals surface area contributed by atoms with Gasteiger partial charge < -0.3 is 14.5 Å². The third-order valence-corrected chi connectivity index (χ3v) is 5.11. The highest BCUT2D eigenvalue weighted by Crippen LogP contribution is 2.34. The van der Waals surface area contributed by atoms with Crippen LogP contribution in [0.25, 0.3) is 5.65 Å².